The van der Waals surface area contributed by atoms with E-state index in [1.165, 1.54) is 0 Å². The van der Waals surface area contributed by atoms with Crippen LogP contribution in [-0.4, -0.2) is 17.0 Å². The Kier molecular flexibility index (Phi) is 3.86. The van der Waals surface area contributed by atoms with Gasteiger partial charge in [-0.2, -0.15) is 0 Å². The van der Waals surface area contributed by atoms with Crippen molar-refractivity contribution in [3.63, 3.8) is 0 Å². The highest BCUT2D eigenvalue weighted by atomic mass is 79.9. The standard InChI is InChI=1S/C14H15BrClNO3/c1-6-4-7(15)9(5-8(6)16)17-12(18)10-11(13(19)20)14(10,2)3/h4-5,10-11H,1-3H3,(H,17,18)(H,19,20). The summed E-state index contributed by atoms with van der Waals surface area (Å²) in [4.78, 5) is 23.3. The number of carbonyl (C=O) groups excluding carboxylic acids is 1. The maximum Gasteiger partial charge on any atom is 0.307 e. The molecule has 1 saturated carbocycles. The fraction of sp³-hybridized carbons (Fsp3) is 0.429. The second kappa shape index (κ2) is 5.04. The zero-order valence-corrected chi connectivity index (χ0v) is 13.7. The molecule has 20 heavy (non-hydrogen) atoms. The largest absolute Gasteiger partial charge is 0.481 e. The molecule has 0 aliphatic heterocycles. The Hall–Kier alpha value is -1.07. The fourth-order valence-corrected chi connectivity index (χ4v) is 3.26. The monoisotopic (exact) mass is 359 g/mol. The average Bonchev–Trinajstić information content (AvgIpc) is 2.89. The summed E-state index contributed by atoms with van der Waals surface area (Å²) >= 11 is 9.40. The van der Waals surface area contributed by atoms with Gasteiger partial charge in [0, 0.05) is 9.50 Å². The Morgan fingerprint density at radius 2 is 1.95 bits per heavy atom. The number of nitrogens with one attached hydrogen (secondary N) is 1. The molecule has 2 rings (SSSR count). The number of benzene rings is 1. The summed E-state index contributed by atoms with van der Waals surface area (Å²) in [5.74, 6) is -2.38. The molecule has 1 aromatic carbocycles. The Balaban J connectivity index is 2.18. The van der Waals surface area contributed by atoms with E-state index in [4.69, 9.17) is 16.7 Å². The molecule has 0 aromatic heterocycles. The molecule has 0 spiro atoms. The van der Waals surface area contributed by atoms with E-state index >= 15 is 0 Å². The maximum absolute atomic E-state index is 12.2. The molecule has 0 radical (unpaired) electrons. The van der Waals surface area contributed by atoms with Crippen LogP contribution in [0.2, 0.25) is 5.02 Å². The van der Waals surface area contributed by atoms with Crippen LogP contribution in [0.15, 0.2) is 16.6 Å². The normalized spacial score (nSPS) is 23.2. The van der Waals surface area contributed by atoms with Gasteiger partial charge in [0.25, 0.3) is 0 Å². The molecule has 1 aliphatic carbocycles. The molecule has 2 N–H and O–H groups in total. The molecule has 1 aromatic rings. The van der Waals surface area contributed by atoms with Crippen LogP contribution < -0.4 is 5.32 Å². The van der Waals surface area contributed by atoms with E-state index in [-0.39, 0.29) is 5.91 Å². The second-order valence-corrected chi connectivity index (χ2v) is 6.95. The van der Waals surface area contributed by atoms with Crippen LogP contribution in [0.3, 0.4) is 0 Å². The first-order valence-corrected chi connectivity index (χ1v) is 7.32. The number of aliphatic carboxylic acids is 1. The van der Waals surface area contributed by atoms with Gasteiger partial charge >= 0.3 is 5.97 Å². The van der Waals surface area contributed by atoms with E-state index in [0.717, 1.165) is 10.0 Å². The lowest BCUT2D eigenvalue weighted by atomic mass is 10.1. The number of anilines is 1. The summed E-state index contributed by atoms with van der Waals surface area (Å²) < 4.78 is 0.720. The summed E-state index contributed by atoms with van der Waals surface area (Å²) in [6, 6.07) is 3.47. The average molecular weight is 361 g/mol. The minimum absolute atomic E-state index is 0.289. The Morgan fingerprint density at radius 1 is 1.35 bits per heavy atom. The van der Waals surface area contributed by atoms with Crippen molar-refractivity contribution in [2.75, 3.05) is 5.32 Å². The van der Waals surface area contributed by atoms with Crippen molar-refractivity contribution >= 4 is 45.1 Å². The van der Waals surface area contributed by atoms with Crippen LogP contribution in [-0.2, 0) is 9.59 Å². The van der Waals surface area contributed by atoms with Crippen LogP contribution in [0, 0.1) is 24.2 Å². The van der Waals surface area contributed by atoms with Crippen LogP contribution >= 0.6 is 27.5 Å². The first-order valence-electron chi connectivity index (χ1n) is 6.15. The molecule has 0 heterocycles. The van der Waals surface area contributed by atoms with Crippen molar-refractivity contribution in [1.82, 2.24) is 0 Å². The molecule has 1 aliphatic rings. The van der Waals surface area contributed by atoms with Crippen LogP contribution in [0.5, 0.6) is 0 Å². The van der Waals surface area contributed by atoms with Crippen LogP contribution in [0.1, 0.15) is 19.4 Å². The van der Waals surface area contributed by atoms with E-state index in [9.17, 15) is 9.59 Å². The van der Waals surface area contributed by atoms with Crippen molar-refractivity contribution in [3.05, 3.63) is 27.2 Å². The highest BCUT2D eigenvalue weighted by molar-refractivity contribution is 9.10. The highest BCUT2D eigenvalue weighted by Gasteiger charge is 2.65. The van der Waals surface area contributed by atoms with Crippen molar-refractivity contribution in [2.24, 2.45) is 17.3 Å². The van der Waals surface area contributed by atoms with Crippen molar-refractivity contribution < 1.29 is 14.7 Å². The third-order valence-corrected chi connectivity index (χ3v) is 4.95. The van der Waals surface area contributed by atoms with Gasteiger partial charge in [-0.25, -0.2) is 0 Å². The van der Waals surface area contributed by atoms with E-state index in [0.29, 0.717) is 10.7 Å². The molecule has 1 amide bonds. The summed E-state index contributed by atoms with van der Waals surface area (Å²) in [6.45, 7) is 5.43. The predicted octanol–water partition coefficient (Wildman–Crippen LogP) is 3.71. The lowest BCUT2D eigenvalue weighted by Crippen LogP contribution is -2.18. The first kappa shape index (κ1) is 15.3. The number of carbonyl (C=O) groups is 2. The number of carboxylic acids is 1. The smallest absolute Gasteiger partial charge is 0.307 e. The minimum Gasteiger partial charge on any atom is -0.481 e. The number of halogens is 2. The molecular formula is C14H15BrClNO3. The molecular weight excluding hydrogens is 346 g/mol. The third-order valence-electron chi connectivity index (χ3n) is 3.88. The molecule has 2 atom stereocenters. The van der Waals surface area contributed by atoms with Gasteiger partial charge in [0.2, 0.25) is 5.91 Å². The van der Waals surface area contributed by atoms with Crippen molar-refractivity contribution in [2.45, 2.75) is 20.8 Å². The topological polar surface area (TPSA) is 66.4 Å². The summed E-state index contributed by atoms with van der Waals surface area (Å²) in [7, 11) is 0. The number of amides is 1. The van der Waals surface area contributed by atoms with Gasteiger partial charge in [0.1, 0.15) is 0 Å². The third kappa shape index (κ3) is 2.56. The summed E-state index contributed by atoms with van der Waals surface area (Å²) in [5, 5.41) is 12.4. The zero-order valence-electron chi connectivity index (χ0n) is 11.3. The van der Waals surface area contributed by atoms with Crippen LogP contribution in [0.4, 0.5) is 5.69 Å². The molecule has 2 unspecified atom stereocenters. The van der Waals surface area contributed by atoms with Gasteiger partial charge < -0.3 is 10.4 Å². The number of hydrogen-bond donors (Lipinski definition) is 2. The van der Waals surface area contributed by atoms with Crippen LogP contribution in [0.25, 0.3) is 0 Å². The molecule has 0 bridgehead atoms. The van der Waals surface area contributed by atoms with Gasteiger partial charge in [0.05, 0.1) is 17.5 Å². The summed E-state index contributed by atoms with van der Waals surface area (Å²) in [6.07, 6.45) is 0. The van der Waals surface area contributed by atoms with Crippen molar-refractivity contribution in [3.8, 4) is 0 Å². The summed E-state index contributed by atoms with van der Waals surface area (Å²) in [5.41, 5.74) is 0.931. The number of rotatable bonds is 3. The van der Waals surface area contributed by atoms with Gasteiger partial charge in [-0.1, -0.05) is 25.4 Å². The number of carboxylic acid groups (broad SMARTS) is 1. The van der Waals surface area contributed by atoms with Crippen molar-refractivity contribution in [1.29, 1.82) is 0 Å². The first-order chi connectivity index (χ1) is 9.16. The minimum atomic E-state index is -0.934. The zero-order chi connectivity index (χ0) is 15.2. The van der Waals surface area contributed by atoms with E-state index in [2.05, 4.69) is 21.2 Å². The lowest BCUT2D eigenvalue weighted by molar-refractivity contribution is -0.140. The number of aryl methyl sites for hydroxylation is 1. The van der Waals surface area contributed by atoms with E-state index < -0.39 is 23.2 Å². The maximum atomic E-state index is 12.2. The Labute approximate surface area is 130 Å². The fourth-order valence-electron chi connectivity index (χ4n) is 2.54. The quantitative estimate of drug-likeness (QED) is 0.863. The van der Waals surface area contributed by atoms with E-state index in [1.54, 1.807) is 19.9 Å². The van der Waals surface area contributed by atoms with E-state index in [1.807, 2.05) is 13.0 Å². The molecule has 6 heteroatoms. The van der Waals surface area contributed by atoms with Gasteiger partial charge in [-0.15, -0.1) is 0 Å². The highest BCUT2D eigenvalue weighted by Crippen LogP contribution is 2.58. The lowest BCUT2D eigenvalue weighted by Gasteiger charge is -2.10. The predicted molar refractivity (Wildman–Crippen MR) is 80.9 cm³/mol. The Bertz CT molecular complexity index is 600. The number of hydrogen-bond acceptors (Lipinski definition) is 2. The molecule has 4 nitrogen and oxygen atoms in total. The molecule has 1 fully saturated rings. The molecule has 108 valence electrons. The molecule has 0 saturated heterocycles. The Morgan fingerprint density at radius 3 is 2.45 bits per heavy atom. The second-order valence-electron chi connectivity index (χ2n) is 5.69. The van der Waals surface area contributed by atoms with Gasteiger partial charge in [0.15, 0.2) is 0 Å². The SMILES string of the molecule is Cc1cc(Br)c(NC(=O)C2C(C(=O)O)C2(C)C)cc1Cl. The van der Waals surface area contributed by atoms with Gasteiger partial charge in [-0.05, 0) is 46.0 Å². The van der Waals surface area contributed by atoms with Gasteiger partial charge in [-0.3, -0.25) is 9.59 Å².